The fourth-order valence-corrected chi connectivity index (χ4v) is 1.16. The van der Waals surface area contributed by atoms with Crippen LogP contribution in [0.1, 0.15) is 12.7 Å². The summed E-state index contributed by atoms with van der Waals surface area (Å²) in [6.07, 6.45) is -1.88. The van der Waals surface area contributed by atoms with Crippen molar-refractivity contribution in [3.05, 3.63) is 22.2 Å². The van der Waals surface area contributed by atoms with Crippen molar-refractivity contribution in [2.24, 2.45) is 0 Å². The number of anilines is 1. The Bertz CT molecular complexity index is 378. The third kappa shape index (κ3) is 3.30. The van der Waals surface area contributed by atoms with E-state index >= 15 is 0 Å². The average Bonchev–Trinajstić information content (AvgIpc) is 2.15. The van der Waals surface area contributed by atoms with E-state index in [0.717, 1.165) is 0 Å². The van der Waals surface area contributed by atoms with Crippen LogP contribution in [0.5, 0.6) is 0 Å². The van der Waals surface area contributed by atoms with E-state index in [1.807, 2.05) is 6.92 Å². The summed E-state index contributed by atoms with van der Waals surface area (Å²) in [4.78, 5) is 19.0. The van der Waals surface area contributed by atoms with Crippen LogP contribution >= 0.6 is 0 Å². The minimum atomic E-state index is -2.44. The van der Waals surface area contributed by atoms with Gasteiger partial charge in [0.1, 0.15) is 11.6 Å². The molecule has 0 aliphatic carbocycles. The zero-order valence-corrected chi connectivity index (χ0v) is 8.63. The van der Waals surface area contributed by atoms with E-state index in [1.165, 1.54) is 18.0 Å². The maximum absolute atomic E-state index is 12.1. The van der Waals surface area contributed by atoms with Gasteiger partial charge in [-0.1, -0.05) is 6.92 Å². The van der Waals surface area contributed by atoms with Gasteiger partial charge in [0.25, 0.3) is 12.0 Å². The van der Waals surface area contributed by atoms with Gasteiger partial charge in [0.15, 0.2) is 0 Å². The number of rotatable bonds is 4. The molecular formula is C9H13F2N3O. The fraction of sp³-hybridized carbons (Fsp3) is 0.556. The number of aryl methyl sites for hydroxylation is 1. The first kappa shape index (κ1) is 11.6. The van der Waals surface area contributed by atoms with Crippen molar-refractivity contribution < 1.29 is 8.78 Å². The van der Waals surface area contributed by atoms with Crippen molar-refractivity contribution in [3.63, 3.8) is 0 Å². The van der Waals surface area contributed by atoms with E-state index < -0.39 is 13.0 Å². The first-order valence-electron chi connectivity index (χ1n) is 4.62. The van der Waals surface area contributed by atoms with Gasteiger partial charge in [-0.25, -0.2) is 13.8 Å². The molecule has 0 radical (unpaired) electrons. The summed E-state index contributed by atoms with van der Waals surface area (Å²) < 4.78 is 24.2. The van der Waals surface area contributed by atoms with E-state index in [2.05, 4.69) is 9.97 Å². The highest BCUT2D eigenvalue weighted by atomic mass is 19.3. The number of nitrogens with zero attached hydrogens (tertiary/aromatic N) is 2. The smallest absolute Gasteiger partial charge is 0.255 e. The third-order valence-electron chi connectivity index (χ3n) is 1.92. The molecule has 1 heterocycles. The molecule has 1 rings (SSSR count). The van der Waals surface area contributed by atoms with Crippen LogP contribution in [0.4, 0.5) is 14.6 Å². The zero-order valence-electron chi connectivity index (χ0n) is 8.63. The number of alkyl halides is 2. The highest BCUT2D eigenvalue weighted by Gasteiger charge is 2.10. The number of hydrogen-bond donors (Lipinski definition) is 1. The first-order chi connectivity index (χ1) is 7.02. The molecule has 0 aliphatic rings. The molecule has 6 heteroatoms. The predicted molar refractivity (Wildman–Crippen MR) is 53.5 cm³/mol. The molecular weight excluding hydrogens is 204 g/mol. The normalized spacial score (nSPS) is 10.7. The van der Waals surface area contributed by atoms with E-state index in [4.69, 9.17) is 0 Å². The van der Waals surface area contributed by atoms with Gasteiger partial charge < -0.3 is 9.88 Å². The van der Waals surface area contributed by atoms with E-state index in [0.29, 0.717) is 12.2 Å². The van der Waals surface area contributed by atoms with Gasteiger partial charge in [0.05, 0.1) is 6.54 Å². The number of hydrogen-bond acceptors (Lipinski definition) is 3. The second-order valence-corrected chi connectivity index (χ2v) is 3.18. The van der Waals surface area contributed by atoms with Crippen LogP contribution < -0.4 is 10.5 Å². The monoisotopic (exact) mass is 217 g/mol. The summed E-state index contributed by atoms with van der Waals surface area (Å²) in [6, 6.07) is 1.21. The Morgan fingerprint density at radius 2 is 2.27 bits per heavy atom. The number of H-pyrrole nitrogens is 1. The summed E-state index contributed by atoms with van der Waals surface area (Å²) in [7, 11) is 1.48. The Morgan fingerprint density at radius 3 is 2.80 bits per heavy atom. The number of halogens is 2. The molecule has 0 fully saturated rings. The second-order valence-electron chi connectivity index (χ2n) is 3.18. The summed E-state index contributed by atoms with van der Waals surface area (Å²) in [5.41, 5.74) is -0.321. The molecule has 1 N–H and O–H groups in total. The lowest BCUT2D eigenvalue weighted by atomic mass is 10.4. The topological polar surface area (TPSA) is 49.0 Å². The minimum absolute atomic E-state index is 0.274. The molecule has 1 aromatic rings. The van der Waals surface area contributed by atoms with Crippen LogP contribution in [0, 0.1) is 0 Å². The molecule has 15 heavy (non-hydrogen) atoms. The van der Waals surface area contributed by atoms with Crippen LogP contribution in [-0.2, 0) is 6.42 Å². The maximum atomic E-state index is 12.1. The third-order valence-corrected chi connectivity index (χ3v) is 1.92. The molecule has 0 aliphatic heterocycles. The molecule has 0 atom stereocenters. The zero-order chi connectivity index (χ0) is 11.4. The van der Waals surface area contributed by atoms with Crippen molar-refractivity contribution in [2.45, 2.75) is 19.8 Å². The lowest BCUT2D eigenvalue weighted by Crippen LogP contribution is -2.27. The van der Waals surface area contributed by atoms with Gasteiger partial charge in [-0.2, -0.15) is 0 Å². The Balaban J connectivity index is 2.93. The highest BCUT2D eigenvalue weighted by Crippen LogP contribution is 2.07. The minimum Gasteiger partial charge on any atom is -0.354 e. The quantitative estimate of drug-likeness (QED) is 0.819. The Labute approximate surface area is 85.9 Å². The number of aromatic nitrogens is 2. The van der Waals surface area contributed by atoms with Crippen molar-refractivity contribution >= 4 is 5.82 Å². The average molecular weight is 217 g/mol. The Hall–Kier alpha value is -1.46. The van der Waals surface area contributed by atoms with Gasteiger partial charge in [0.2, 0.25) is 0 Å². The molecule has 0 amide bonds. The summed E-state index contributed by atoms with van der Waals surface area (Å²) in [5.74, 6) is 0.773. The molecule has 0 spiro atoms. The van der Waals surface area contributed by atoms with Crippen molar-refractivity contribution in [3.8, 4) is 0 Å². The van der Waals surface area contributed by atoms with Gasteiger partial charge in [-0.05, 0) is 0 Å². The molecule has 0 unspecified atom stereocenters. The predicted octanol–water partition coefficient (Wildman–Crippen LogP) is 1.03. The maximum Gasteiger partial charge on any atom is 0.255 e. The van der Waals surface area contributed by atoms with Crippen LogP contribution in [-0.4, -0.2) is 30.0 Å². The standard InChI is InChI=1S/C9H13F2N3O/c1-3-7-12-8(4-9(15)13-7)14(2)5-6(10)11/h4,6H,3,5H2,1-2H3,(H,12,13,15). The van der Waals surface area contributed by atoms with Crippen LogP contribution in [0.15, 0.2) is 10.9 Å². The van der Waals surface area contributed by atoms with Gasteiger partial charge >= 0.3 is 0 Å². The van der Waals surface area contributed by atoms with Crippen LogP contribution in [0.25, 0.3) is 0 Å². The molecule has 4 nitrogen and oxygen atoms in total. The summed E-state index contributed by atoms with van der Waals surface area (Å²) in [6.45, 7) is 1.40. The fourth-order valence-electron chi connectivity index (χ4n) is 1.16. The molecule has 84 valence electrons. The molecule has 1 aromatic heterocycles. The van der Waals surface area contributed by atoms with Crippen molar-refractivity contribution in [2.75, 3.05) is 18.5 Å². The molecule has 0 bridgehead atoms. The van der Waals surface area contributed by atoms with Crippen LogP contribution in [0.3, 0.4) is 0 Å². The molecule has 0 aromatic carbocycles. The Morgan fingerprint density at radius 1 is 1.60 bits per heavy atom. The van der Waals surface area contributed by atoms with E-state index in [9.17, 15) is 13.6 Å². The second kappa shape index (κ2) is 4.86. The lowest BCUT2D eigenvalue weighted by Gasteiger charge is -2.17. The first-order valence-corrected chi connectivity index (χ1v) is 4.62. The van der Waals surface area contributed by atoms with E-state index in [1.54, 1.807) is 0 Å². The summed E-state index contributed by atoms with van der Waals surface area (Å²) in [5, 5.41) is 0. The summed E-state index contributed by atoms with van der Waals surface area (Å²) >= 11 is 0. The largest absolute Gasteiger partial charge is 0.354 e. The van der Waals surface area contributed by atoms with Crippen molar-refractivity contribution in [1.29, 1.82) is 0 Å². The van der Waals surface area contributed by atoms with E-state index in [-0.39, 0.29) is 11.4 Å². The number of nitrogens with one attached hydrogen (secondary N) is 1. The molecule has 0 saturated carbocycles. The number of aromatic amines is 1. The van der Waals surface area contributed by atoms with Gasteiger partial charge in [0, 0.05) is 19.5 Å². The van der Waals surface area contributed by atoms with Crippen LogP contribution in [0.2, 0.25) is 0 Å². The lowest BCUT2D eigenvalue weighted by molar-refractivity contribution is 0.156. The van der Waals surface area contributed by atoms with Gasteiger partial charge in [-0.3, -0.25) is 4.79 Å². The Kier molecular flexibility index (Phi) is 3.76. The molecule has 0 saturated heterocycles. The highest BCUT2D eigenvalue weighted by molar-refractivity contribution is 5.36. The van der Waals surface area contributed by atoms with Crippen molar-refractivity contribution in [1.82, 2.24) is 9.97 Å². The van der Waals surface area contributed by atoms with Gasteiger partial charge in [-0.15, -0.1) is 0 Å². The SMILES string of the molecule is CCc1nc(N(C)CC(F)F)cc(=O)[nH]1.